The van der Waals surface area contributed by atoms with Crippen molar-refractivity contribution in [1.29, 1.82) is 0 Å². The van der Waals surface area contributed by atoms with Crippen LogP contribution < -0.4 is 21.3 Å². The van der Waals surface area contributed by atoms with Gasteiger partial charge in [-0.05, 0) is 86.6 Å². The molecule has 5 rings (SSSR count). The number of piperazine rings is 1. The summed E-state index contributed by atoms with van der Waals surface area (Å²) < 4.78 is 17.1. The third-order valence-electron chi connectivity index (χ3n) is 7.47. The lowest BCUT2D eigenvalue weighted by Gasteiger charge is -2.37. The Balaban J connectivity index is 1.33. The fraction of sp³-hybridized carbons (Fsp3) is 0.393. The van der Waals surface area contributed by atoms with Gasteiger partial charge in [0.05, 0.1) is 17.1 Å². The number of rotatable bonds is 6. The van der Waals surface area contributed by atoms with Crippen LogP contribution >= 0.6 is 11.5 Å². The Morgan fingerprint density at radius 2 is 1.62 bits per heavy atom. The molecular weight excluding hydrogens is 533 g/mol. The molecule has 40 heavy (non-hydrogen) atoms. The number of nitrogens with two attached hydrogens (primary N) is 1. The maximum atomic E-state index is 13.3. The number of halogens is 1. The third-order valence-corrected chi connectivity index (χ3v) is 8.30. The molecule has 1 aromatic heterocycles. The van der Waals surface area contributed by atoms with Crippen molar-refractivity contribution < 1.29 is 18.8 Å². The number of hydrogen-bond donors (Lipinski definition) is 3. The van der Waals surface area contributed by atoms with Crippen molar-refractivity contribution >= 4 is 40.6 Å². The van der Waals surface area contributed by atoms with Crippen LogP contribution in [0.3, 0.4) is 0 Å². The molecule has 1 aliphatic carbocycles. The Hall–Kier alpha value is -3.90. The molecule has 0 atom stereocenters. The summed E-state index contributed by atoms with van der Waals surface area (Å²) in [5, 5.41) is 9.99. The lowest BCUT2D eigenvalue weighted by Crippen LogP contribution is -2.49. The van der Waals surface area contributed by atoms with E-state index in [0.29, 0.717) is 53.6 Å². The number of carbonyl (C=O) groups is 3. The topological polar surface area (TPSA) is 134 Å². The van der Waals surface area contributed by atoms with Gasteiger partial charge in [0.2, 0.25) is 0 Å². The van der Waals surface area contributed by atoms with Crippen molar-refractivity contribution in [2.75, 3.05) is 36.4 Å². The second-order valence-corrected chi connectivity index (χ2v) is 11.0. The van der Waals surface area contributed by atoms with Crippen LogP contribution in [0.4, 0.5) is 15.8 Å². The third kappa shape index (κ3) is 6.28. The van der Waals surface area contributed by atoms with Gasteiger partial charge in [-0.2, -0.15) is 0 Å². The summed E-state index contributed by atoms with van der Waals surface area (Å²) in [5.74, 6) is -1.09. The van der Waals surface area contributed by atoms with E-state index in [4.69, 9.17) is 5.73 Å². The maximum absolute atomic E-state index is 13.3. The summed E-state index contributed by atoms with van der Waals surface area (Å²) in [5.41, 5.74) is 8.65. The standard InChI is InChI=1S/C28H32FN7O3S/c1-17-25(40-34-33-17)27(38)32-23-16-19(26(37)31-22-9-7-21(30)8-10-22)4-11-24(23)35-12-14-36(15-13-35)28(39)18-2-5-20(29)6-3-18/h2-6,11,16,21-22H,7-10,12-15,30H2,1H3,(H,31,37)(H,32,38). The molecule has 4 N–H and O–H groups in total. The van der Waals surface area contributed by atoms with Gasteiger partial charge in [0, 0.05) is 49.4 Å². The van der Waals surface area contributed by atoms with Crippen molar-refractivity contribution in [3.8, 4) is 0 Å². The molecule has 0 unspecified atom stereocenters. The maximum Gasteiger partial charge on any atom is 0.269 e. The average Bonchev–Trinajstić information content (AvgIpc) is 3.40. The van der Waals surface area contributed by atoms with E-state index in [9.17, 15) is 18.8 Å². The minimum atomic E-state index is -0.389. The highest BCUT2D eigenvalue weighted by Gasteiger charge is 2.26. The first-order valence-corrected chi connectivity index (χ1v) is 14.2. The normalized spacial score (nSPS) is 19.3. The van der Waals surface area contributed by atoms with E-state index in [0.717, 1.165) is 42.9 Å². The molecule has 2 aliphatic rings. The highest BCUT2D eigenvalue weighted by molar-refractivity contribution is 7.08. The van der Waals surface area contributed by atoms with Crippen LogP contribution in [0.5, 0.6) is 0 Å². The Kier molecular flexibility index (Phi) is 8.36. The SMILES string of the molecule is Cc1nnsc1C(=O)Nc1cc(C(=O)NC2CCC(N)CC2)ccc1N1CCN(C(=O)c2ccc(F)cc2)CC1. The molecule has 3 amide bonds. The summed E-state index contributed by atoms with van der Waals surface area (Å²) in [7, 11) is 0. The van der Waals surface area contributed by atoms with Crippen LogP contribution in [0.25, 0.3) is 0 Å². The van der Waals surface area contributed by atoms with Gasteiger partial charge in [-0.3, -0.25) is 14.4 Å². The summed E-state index contributed by atoms with van der Waals surface area (Å²) in [6.07, 6.45) is 3.44. The molecule has 0 spiro atoms. The zero-order valence-corrected chi connectivity index (χ0v) is 23.0. The van der Waals surface area contributed by atoms with Crippen LogP contribution in [0.15, 0.2) is 42.5 Å². The number of aromatic nitrogens is 2. The van der Waals surface area contributed by atoms with Crippen LogP contribution in [-0.4, -0.2) is 70.5 Å². The molecule has 2 aromatic carbocycles. The molecule has 1 aliphatic heterocycles. The molecule has 2 heterocycles. The molecule has 0 bridgehead atoms. The first-order valence-electron chi connectivity index (χ1n) is 13.4. The molecule has 1 saturated carbocycles. The van der Waals surface area contributed by atoms with Gasteiger partial charge in [0.1, 0.15) is 10.7 Å². The second kappa shape index (κ2) is 12.1. The Morgan fingerprint density at radius 1 is 0.950 bits per heavy atom. The number of nitrogens with zero attached hydrogens (tertiary/aromatic N) is 4. The van der Waals surface area contributed by atoms with Crippen LogP contribution in [0.1, 0.15) is 61.8 Å². The largest absolute Gasteiger partial charge is 0.366 e. The molecule has 12 heteroatoms. The number of benzene rings is 2. The highest BCUT2D eigenvalue weighted by Crippen LogP contribution is 2.30. The van der Waals surface area contributed by atoms with Gasteiger partial charge in [-0.15, -0.1) is 5.10 Å². The Morgan fingerprint density at radius 3 is 2.27 bits per heavy atom. The van der Waals surface area contributed by atoms with E-state index in [-0.39, 0.29) is 35.6 Å². The first-order chi connectivity index (χ1) is 19.3. The molecule has 10 nitrogen and oxygen atoms in total. The molecule has 0 radical (unpaired) electrons. The highest BCUT2D eigenvalue weighted by atomic mass is 32.1. The number of carbonyl (C=O) groups excluding carboxylic acids is 3. The van der Waals surface area contributed by atoms with Crippen molar-refractivity contribution in [3.63, 3.8) is 0 Å². The van der Waals surface area contributed by atoms with Gasteiger partial charge >= 0.3 is 0 Å². The molecule has 1 saturated heterocycles. The molecular formula is C28H32FN7O3S. The molecule has 3 aromatic rings. The predicted molar refractivity (Wildman–Crippen MR) is 151 cm³/mol. The van der Waals surface area contributed by atoms with Crippen molar-refractivity contribution in [3.05, 3.63) is 70.0 Å². The number of hydrogen-bond acceptors (Lipinski definition) is 8. The monoisotopic (exact) mass is 565 g/mol. The second-order valence-electron chi connectivity index (χ2n) is 10.2. The van der Waals surface area contributed by atoms with Crippen LogP contribution in [0.2, 0.25) is 0 Å². The number of amides is 3. The van der Waals surface area contributed by atoms with Crippen molar-refractivity contribution in [2.45, 2.75) is 44.7 Å². The van der Waals surface area contributed by atoms with Crippen molar-refractivity contribution in [2.24, 2.45) is 5.73 Å². The minimum absolute atomic E-state index is 0.0719. The Bertz CT molecular complexity index is 1380. The van der Waals surface area contributed by atoms with E-state index < -0.39 is 0 Å². The van der Waals surface area contributed by atoms with E-state index in [2.05, 4.69) is 25.1 Å². The van der Waals surface area contributed by atoms with Gasteiger partial charge in [-0.25, -0.2) is 4.39 Å². The fourth-order valence-electron chi connectivity index (χ4n) is 5.13. The number of anilines is 2. The lowest BCUT2D eigenvalue weighted by atomic mass is 9.91. The predicted octanol–water partition coefficient (Wildman–Crippen LogP) is 3.20. The van der Waals surface area contributed by atoms with E-state index in [1.165, 1.54) is 24.3 Å². The quantitative estimate of drug-likeness (QED) is 0.418. The van der Waals surface area contributed by atoms with Gasteiger partial charge < -0.3 is 26.2 Å². The zero-order valence-electron chi connectivity index (χ0n) is 22.2. The molecule has 210 valence electrons. The molecule has 2 fully saturated rings. The fourth-order valence-corrected chi connectivity index (χ4v) is 5.68. The summed E-state index contributed by atoms with van der Waals surface area (Å²) >= 11 is 1.01. The zero-order chi connectivity index (χ0) is 28.2. The average molecular weight is 566 g/mol. The summed E-state index contributed by atoms with van der Waals surface area (Å²) in [6.45, 7) is 3.66. The van der Waals surface area contributed by atoms with Gasteiger partial charge in [0.15, 0.2) is 0 Å². The smallest absolute Gasteiger partial charge is 0.269 e. The van der Waals surface area contributed by atoms with Crippen LogP contribution in [-0.2, 0) is 0 Å². The Labute approximate surface area is 235 Å². The number of nitrogens with one attached hydrogen (secondary N) is 2. The van der Waals surface area contributed by atoms with E-state index in [1.54, 1.807) is 24.0 Å². The minimum Gasteiger partial charge on any atom is -0.366 e. The lowest BCUT2D eigenvalue weighted by molar-refractivity contribution is 0.0746. The van der Waals surface area contributed by atoms with E-state index in [1.807, 2.05) is 6.07 Å². The summed E-state index contributed by atoms with van der Waals surface area (Å²) in [6, 6.07) is 11.1. The van der Waals surface area contributed by atoms with E-state index >= 15 is 0 Å². The number of aryl methyl sites for hydroxylation is 1. The summed E-state index contributed by atoms with van der Waals surface area (Å²) in [4.78, 5) is 43.3. The van der Waals surface area contributed by atoms with Crippen LogP contribution in [0, 0.1) is 12.7 Å². The first kappa shape index (κ1) is 27.7. The van der Waals surface area contributed by atoms with Gasteiger partial charge in [0.25, 0.3) is 17.7 Å². The van der Waals surface area contributed by atoms with Crippen molar-refractivity contribution in [1.82, 2.24) is 19.8 Å². The van der Waals surface area contributed by atoms with Gasteiger partial charge in [-0.1, -0.05) is 4.49 Å².